The van der Waals surface area contributed by atoms with Gasteiger partial charge in [-0.3, -0.25) is 4.99 Å². The normalized spacial score (nSPS) is 28.2. The summed E-state index contributed by atoms with van der Waals surface area (Å²) in [7, 11) is 0. The summed E-state index contributed by atoms with van der Waals surface area (Å²) in [5.74, 6) is 0.690. The van der Waals surface area contributed by atoms with E-state index in [1.54, 1.807) is 6.92 Å². The molecule has 0 atom stereocenters. The van der Waals surface area contributed by atoms with E-state index in [1.807, 2.05) is 19.9 Å². The summed E-state index contributed by atoms with van der Waals surface area (Å²) < 4.78 is 13.7. The zero-order valence-electron chi connectivity index (χ0n) is 13.1. The molecule has 0 aliphatic heterocycles. The third kappa shape index (κ3) is 6.84. The van der Waals surface area contributed by atoms with Crippen LogP contribution in [-0.4, -0.2) is 17.9 Å². The molecular weight excluding hydrogens is 251 g/mol. The largest absolute Gasteiger partial charge is 0.294 e. The predicted molar refractivity (Wildman–Crippen MR) is 82.7 cm³/mol. The van der Waals surface area contributed by atoms with Crippen molar-refractivity contribution in [3.63, 3.8) is 0 Å². The fraction of sp³-hybridized carbons (Fsp3) is 0.765. The summed E-state index contributed by atoms with van der Waals surface area (Å²) in [4.78, 5) is 4.53. The Bertz CT molecular complexity index is 392. The second-order valence-electron chi connectivity index (χ2n) is 6.32. The molecule has 0 amide bonds. The van der Waals surface area contributed by atoms with Crippen LogP contribution in [0, 0.1) is 17.2 Å². The number of hydrogen-bond acceptors (Lipinski definition) is 2. The van der Waals surface area contributed by atoms with Crippen molar-refractivity contribution in [1.29, 1.82) is 5.26 Å². The van der Waals surface area contributed by atoms with Crippen LogP contribution in [0.15, 0.2) is 16.6 Å². The van der Waals surface area contributed by atoms with Gasteiger partial charge in [0.2, 0.25) is 0 Å². The van der Waals surface area contributed by atoms with Gasteiger partial charge in [0, 0.05) is 24.3 Å². The van der Waals surface area contributed by atoms with Crippen molar-refractivity contribution < 1.29 is 4.39 Å². The van der Waals surface area contributed by atoms with Gasteiger partial charge in [-0.05, 0) is 65.2 Å². The highest BCUT2D eigenvalue weighted by atomic mass is 19.1. The third-order valence-corrected chi connectivity index (χ3v) is 4.18. The van der Waals surface area contributed by atoms with Crippen LogP contribution < -0.4 is 0 Å². The molecule has 0 saturated heterocycles. The van der Waals surface area contributed by atoms with Gasteiger partial charge in [0.25, 0.3) is 0 Å². The molecular formula is C17H27FN2. The molecule has 0 unspecified atom stereocenters. The minimum Gasteiger partial charge on any atom is -0.294 e. The Kier molecular flexibility index (Phi) is 6.91. The molecule has 0 aromatic carbocycles. The lowest BCUT2D eigenvalue weighted by Gasteiger charge is -2.30. The topological polar surface area (TPSA) is 36.1 Å². The Morgan fingerprint density at radius 3 is 2.65 bits per heavy atom. The van der Waals surface area contributed by atoms with E-state index in [9.17, 15) is 4.39 Å². The number of alkyl halides is 1. The zero-order valence-corrected chi connectivity index (χ0v) is 13.1. The summed E-state index contributed by atoms with van der Waals surface area (Å²) in [6.07, 6.45) is 8.44. The number of nitriles is 1. The SMILES string of the molecule is CC(C/C=C(\C)C#N)=NCCCC1CCC(C)(F)CC1. The molecule has 1 saturated carbocycles. The average molecular weight is 278 g/mol. The molecule has 1 aliphatic rings. The first kappa shape index (κ1) is 16.9. The Labute approximate surface area is 122 Å². The van der Waals surface area contributed by atoms with Crippen LogP contribution in [0.25, 0.3) is 0 Å². The highest BCUT2D eigenvalue weighted by Gasteiger charge is 2.30. The van der Waals surface area contributed by atoms with Gasteiger partial charge in [0.15, 0.2) is 0 Å². The van der Waals surface area contributed by atoms with Crippen LogP contribution in [-0.2, 0) is 0 Å². The first-order valence-corrected chi connectivity index (χ1v) is 7.68. The Morgan fingerprint density at radius 2 is 2.05 bits per heavy atom. The summed E-state index contributed by atoms with van der Waals surface area (Å²) in [6, 6.07) is 2.11. The summed E-state index contributed by atoms with van der Waals surface area (Å²) in [6.45, 7) is 6.41. The van der Waals surface area contributed by atoms with Crippen LogP contribution in [0.4, 0.5) is 4.39 Å². The van der Waals surface area contributed by atoms with E-state index >= 15 is 0 Å². The average Bonchev–Trinajstić information content (AvgIpc) is 2.42. The van der Waals surface area contributed by atoms with Crippen LogP contribution >= 0.6 is 0 Å². The monoisotopic (exact) mass is 278 g/mol. The highest BCUT2D eigenvalue weighted by molar-refractivity contribution is 5.83. The number of aliphatic imine (C=N–C) groups is 1. The highest BCUT2D eigenvalue weighted by Crippen LogP contribution is 2.36. The van der Waals surface area contributed by atoms with Crippen molar-refractivity contribution in [2.24, 2.45) is 10.9 Å². The Hall–Kier alpha value is -1.17. The van der Waals surface area contributed by atoms with Gasteiger partial charge in [-0.1, -0.05) is 6.08 Å². The molecule has 20 heavy (non-hydrogen) atoms. The van der Waals surface area contributed by atoms with Gasteiger partial charge in [0.1, 0.15) is 5.67 Å². The fourth-order valence-electron chi connectivity index (χ4n) is 2.63. The Morgan fingerprint density at radius 1 is 1.40 bits per heavy atom. The van der Waals surface area contributed by atoms with E-state index in [2.05, 4.69) is 11.1 Å². The van der Waals surface area contributed by atoms with Gasteiger partial charge < -0.3 is 0 Å². The van der Waals surface area contributed by atoms with E-state index < -0.39 is 5.67 Å². The third-order valence-electron chi connectivity index (χ3n) is 4.18. The number of rotatable bonds is 6. The number of allylic oxidation sites excluding steroid dienone is 2. The van der Waals surface area contributed by atoms with Crippen molar-refractivity contribution in [3.05, 3.63) is 11.6 Å². The molecule has 0 aromatic heterocycles. The quantitative estimate of drug-likeness (QED) is 0.382. The molecule has 3 heteroatoms. The van der Waals surface area contributed by atoms with Crippen molar-refractivity contribution >= 4 is 5.71 Å². The molecule has 1 rings (SSSR count). The minimum atomic E-state index is -0.920. The molecule has 0 bridgehead atoms. The maximum Gasteiger partial charge on any atom is 0.108 e. The summed E-state index contributed by atoms with van der Waals surface area (Å²) in [5.41, 5.74) is 0.909. The van der Waals surface area contributed by atoms with Gasteiger partial charge in [0.05, 0.1) is 6.07 Å². The van der Waals surface area contributed by atoms with Crippen molar-refractivity contribution in [2.45, 2.75) is 71.4 Å². The number of halogens is 1. The second-order valence-corrected chi connectivity index (χ2v) is 6.32. The molecule has 1 fully saturated rings. The first-order chi connectivity index (χ1) is 9.43. The van der Waals surface area contributed by atoms with Crippen LogP contribution in [0.1, 0.15) is 65.7 Å². The molecule has 0 aromatic rings. The van der Waals surface area contributed by atoms with E-state index in [0.717, 1.165) is 56.4 Å². The molecule has 0 spiro atoms. The van der Waals surface area contributed by atoms with Crippen LogP contribution in [0.3, 0.4) is 0 Å². The lowest BCUT2D eigenvalue weighted by atomic mass is 9.79. The van der Waals surface area contributed by atoms with Gasteiger partial charge >= 0.3 is 0 Å². The van der Waals surface area contributed by atoms with E-state index in [1.165, 1.54) is 6.42 Å². The van der Waals surface area contributed by atoms with E-state index in [0.29, 0.717) is 5.92 Å². The molecule has 2 nitrogen and oxygen atoms in total. The lowest BCUT2D eigenvalue weighted by Crippen LogP contribution is -2.25. The smallest absolute Gasteiger partial charge is 0.108 e. The van der Waals surface area contributed by atoms with Gasteiger partial charge in [-0.15, -0.1) is 0 Å². The molecule has 0 radical (unpaired) electrons. The maximum absolute atomic E-state index is 13.7. The summed E-state index contributed by atoms with van der Waals surface area (Å²) >= 11 is 0. The maximum atomic E-state index is 13.7. The minimum absolute atomic E-state index is 0.690. The molecule has 112 valence electrons. The molecule has 0 heterocycles. The number of nitrogens with zero attached hydrogens (tertiary/aromatic N) is 2. The standard InChI is InChI=1S/C17H27FN2/c1-14(13-19)6-7-15(2)20-12-4-5-16-8-10-17(3,18)11-9-16/h6,16H,4-5,7-12H2,1-3H3/b14-6+,20-15?. The first-order valence-electron chi connectivity index (χ1n) is 7.68. The lowest BCUT2D eigenvalue weighted by molar-refractivity contribution is 0.100. The van der Waals surface area contributed by atoms with Crippen LogP contribution in [0.5, 0.6) is 0 Å². The van der Waals surface area contributed by atoms with Gasteiger partial charge in [-0.2, -0.15) is 5.26 Å². The van der Waals surface area contributed by atoms with E-state index in [-0.39, 0.29) is 0 Å². The zero-order chi connectivity index (χ0) is 15.0. The number of hydrogen-bond donors (Lipinski definition) is 0. The second kappa shape index (κ2) is 8.19. The Balaban J connectivity index is 2.17. The molecule has 0 N–H and O–H groups in total. The fourth-order valence-corrected chi connectivity index (χ4v) is 2.63. The van der Waals surface area contributed by atoms with Crippen molar-refractivity contribution in [3.8, 4) is 6.07 Å². The van der Waals surface area contributed by atoms with Crippen LogP contribution in [0.2, 0.25) is 0 Å². The predicted octanol–water partition coefficient (Wildman–Crippen LogP) is 5.01. The van der Waals surface area contributed by atoms with Gasteiger partial charge in [-0.25, -0.2) is 4.39 Å². The molecule has 1 aliphatic carbocycles. The van der Waals surface area contributed by atoms with E-state index in [4.69, 9.17) is 5.26 Å². The van der Waals surface area contributed by atoms with Crippen molar-refractivity contribution in [1.82, 2.24) is 0 Å². The summed E-state index contributed by atoms with van der Waals surface area (Å²) in [5, 5.41) is 8.66. The van der Waals surface area contributed by atoms with Crippen molar-refractivity contribution in [2.75, 3.05) is 6.54 Å².